The van der Waals surface area contributed by atoms with Crippen LogP contribution in [0.4, 0.5) is 4.79 Å². The molecule has 0 unspecified atom stereocenters. The Labute approximate surface area is 136 Å². The van der Waals surface area contributed by atoms with Crippen molar-refractivity contribution in [3.05, 3.63) is 35.9 Å². The molecule has 5 heteroatoms. The summed E-state index contributed by atoms with van der Waals surface area (Å²) < 4.78 is 0. The lowest BCUT2D eigenvalue weighted by Gasteiger charge is -2.30. The van der Waals surface area contributed by atoms with Gasteiger partial charge in [0.15, 0.2) is 0 Å². The first kappa shape index (κ1) is 15.8. The largest absolute Gasteiger partial charge is 0.481 e. The zero-order valence-corrected chi connectivity index (χ0v) is 13.3. The predicted molar refractivity (Wildman–Crippen MR) is 87.1 cm³/mol. The molecule has 124 valence electrons. The van der Waals surface area contributed by atoms with Gasteiger partial charge in [-0.3, -0.25) is 4.79 Å². The van der Waals surface area contributed by atoms with Crippen LogP contribution in [0.25, 0.3) is 0 Å². The number of hydrogen-bond acceptors (Lipinski definition) is 2. The molecule has 3 rings (SSSR count). The van der Waals surface area contributed by atoms with Crippen molar-refractivity contribution in [3.63, 3.8) is 0 Å². The second-order valence-electron chi connectivity index (χ2n) is 6.92. The molecule has 2 N–H and O–H groups in total. The summed E-state index contributed by atoms with van der Waals surface area (Å²) in [5, 5.41) is 12.1. The van der Waals surface area contributed by atoms with E-state index in [4.69, 9.17) is 5.11 Å². The molecular weight excluding hydrogens is 292 g/mol. The van der Waals surface area contributed by atoms with E-state index in [1.807, 2.05) is 6.07 Å². The minimum Gasteiger partial charge on any atom is -0.481 e. The Morgan fingerprint density at radius 1 is 1.17 bits per heavy atom. The molecule has 1 aromatic carbocycles. The van der Waals surface area contributed by atoms with Gasteiger partial charge in [0.25, 0.3) is 0 Å². The lowest BCUT2D eigenvalue weighted by molar-refractivity contribution is -0.143. The zero-order chi connectivity index (χ0) is 16.3. The summed E-state index contributed by atoms with van der Waals surface area (Å²) in [7, 11) is 0. The molecule has 1 aromatic rings. The molecule has 1 saturated carbocycles. The monoisotopic (exact) mass is 316 g/mol. The molecule has 2 aliphatic rings. The van der Waals surface area contributed by atoms with Gasteiger partial charge in [0.1, 0.15) is 0 Å². The summed E-state index contributed by atoms with van der Waals surface area (Å²) in [6.07, 6.45) is 4.43. The molecule has 23 heavy (non-hydrogen) atoms. The Hall–Kier alpha value is -2.04. The van der Waals surface area contributed by atoms with Crippen LogP contribution in [0, 0.1) is 11.3 Å². The number of carboxylic acid groups (broad SMARTS) is 1. The highest BCUT2D eigenvalue weighted by Crippen LogP contribution is 2.47. The van der Waals surface area contributed by atoms with Crippen molar-refractivity contribution < 1.29 is 14.7 Å². The van der Waals surface area contributed by atoms with Crippen LogP contribution in [0.5, 0.6) is 0 Å². The summed E-state index contributed by atoms with van der Waals surface area (Å²) in [5.41, 5.74) is 1.54. The molecule has 0 radical (unpaired) electrons. The van der Waals surface area contributed by atoms with Crippen molar-refractivity contribution in [2.75, 3.05) is 19.6 Å². The SMILES string of the molecule is O=C(O)C1CCN(C(=O)NCC2(Cc3ccccc3)CC2)CC1. The quantitative estimate of drug-likeness (QED) is 0.877. The standard InChI is InChI=1S/C18H24N2O3/c21-16(22)15-6-10-20(11-7-15)17(23)19-13-18(8-9-18)12-14-4-2-1-3-5-14/h1-5,15H,6-13H2,(H,19,23)(H,21,22). The normalized spacial score (nSPS) is 20.1. The fourth-order valence-corrected chi connectivity index (χ4v) is 3.33. The third-order valence-corrected chi connectivity index (χ3v) is 5.13. The third kappa shape index (κ3) is 4.03. The molecule has 1 aliphatic carbocycles. The minimum absolute atomic E-state index is 0.0480. The number of urea groups is 1. The fourth-order valence-electron chi connectivity index (χ4n) is 3.33. The fraction of sp³-hybridized carbons (Fsp3) is 0.556. The number of rotatable bonds is 5. The summed E-state index contributed by atoms with van der Waals surface area (Å²) in [6.45, 7) is 1.78. The van der Waals surface area contributed by atoms with Crippen LogP contribution in [0.2, 0.25) is 0 Å². The molecular formula is C18H24N2O3. The Balaban J connectivity index is 1.45. The number of nitrogens with one attached hydrogen (secondary N) is 1. The molecule has 1 heterocycles. The van der Waals surface area contributed by atoms with E-state index < -0.39 is 5.97 Å². The molecule has 1 saturated heterocycles. The molecule has 0 atom stereocenters. The van der Waals surface area contributed by atoms with Gasteiger partial charge in [-0.1, -0.05) is 30.3 Å². The number of aliphatic carboxylic acids is 1. The van der Waals surface area contributed by atoms with Gasteiger partial charge in [-0.2, -0.15) is 0 Å². The molecule has 1 aliphatic heterocycles. The highest BCUT2D eigenvalue weighted by Gasteiger charge is 2.42. The first-order valence-electron chi connectivity index (χ1n) is 8.38. The number of carbonyl (C=O) groups is 2. The number of carbonyl (C=O) groups excluding carboxylic acids is 1. The zero-order valence-electron chi connectivity index (χ0n) is 13.3. The highest BCUT2D eigenvalue weighted by molar-refractivity contribution is 5.75. The van der Waals surface area contributed by atoms with Gasteiger partial charge in [0, 0.05) is 19.6 Å². The predicted octanol–water partition coefficient (Wildman–Crippen LogP) is 2.52. The number of hydrogen-bond donors (Lipinski definition) is 2. The Morgan fingerprint density at radius 3 is 2.39 bits per heavy atom. The van der Waals surface area contributed by atoms with Gasteiger partial charge >= 0.3 is 12.0 Å². The molecule has 0 spiro atoms. The lowest BCUT2D eigenvalue weighted by atomic mass is 9.96. The number of amides is 2. The van der Waals surface area contributed by atoms with Gasteiger partial charge < -0.3 is 15.3 Å². The second kappa shape index (κ2) is 6.60. The lowest BCUT2D eigenvalue weighted by Crippen LogP contribution is -2.47. The van der Waals surface area contributed by atoms with E-state index in [1.165, 1.54) is 5.56 Å². The Kier molecular flexibility index (Phi) is 4.55. The third-order valence-electron chi connectivity index (χ3n) is 5.13. The Bertz CT molecular complexity index is 561. The average molecular weight is 316 g/mol. The summed E-state index contributed by atoms with van der Waals surface area (Å²) in [4.78, 5) is 25.0. The van der Waals surface area contributed by atoms with Crippen LogP contribution in [0.1, 0.15) is 31.2 Å². The smallest absolute Gasteiger partial charge is 0.317 e. The van der Waals surface area contributed by atoms with E-state index in [2.05, 4.69) is 29.6 Å². The van der Waals surface area contributed by atoms with Crippen LogP contribution < -0.4 is 5.32 Å². The van der Waals surface area contributed by atoms with E-state index >= 15 is 0 Å². The maximum atomic E-state index is 12.3. The topological polar surface area (TPSA) is 69.6 Å². The van der Waals surface area contributed by atoms with Crippen molar-refractivity contribution in [2.24, 2.45) is 11.3 Å². The molecule has 2 fully saturated rings. The van der Waals surface area contributed by atoms with Crippen LogP contribution in [-0.4, -0.2) is 41.6 Å². The van der Waals surface area contributed by atoms with Crippen molar-refractivity contribution in [1.82, 2.24) is 10.2 Å². The minimum atomic E-state index is -0.746. The van der Waals surface area contributed by atoms with Gasteiger partial charge in [-0.25, -0.2) is 4.79 Å². The van der Waals surface area contributed by atoms with E-state index in [1.54, 1.807) is 4.90 Å². The highest BCUT2D eigenvalue weighted by atomic mass is 16.4. The van der Waals surface area contributed by atoms with Gasteiger partial charge in [0.2, 0.25) is 0 Å². The van der Waals surface area contributed by atoms with Crippen LogP contribution in [0.3, 0.4) is 0 Å². The first-order valence-corrected chi connectivity index (χ1v) is 8.38. The number of benzene rings is 1. The van der Waals surface area contributed by atoms with Crippen LogP contribution in [0.15, 0.2) is 30.3 Å². The summed E-state index contributed by atoms with van der Waals surface area (Å²) >= 11 is 0. The van der Waals surface area contributed by atoms with Crippen molar-refractivity contribution in [3.8, 4) is 0 Å². The van der Waals surface area contributed by atoms with Gasteiger partial charge in [0.05, 0.1) is 5.92 Å². The molecule has 0 aromatic heterocycles. The average Bonchev–Trinajstić information content (AvgIpc) is 3.33. The van der Waals surface area contributed by atoms with E-state index in [0.717, 1.165) is 19.3 Å². The number of piperidine rings is 1. The molecule has 0 bridgehead atoms. The maximum Gasteiger partial charge on any atom is 0.317 e. The van der Waals surface area contributed by atoms with E-state index in [-0.39, 0.29) is 17.4 Å². The van der Waals surface area contributed by atoms with Crippen molar-refractivity contribution in [2.45, 2.75) is 32.1 Å². The van der Waals surface area contributed by atoms with Gasteiger partial charge in [-0.05, 0) is 43.1 Å². The molecule has 2 amide bonds. The van der Waals surface area contributed by atoms with Crippen LogP contribution >= 0.6 is 0 Å². The van der Waals surface area contributed by atoms with Crippen LogP contribution in [-0.2, 0) is 11.2 Å². The summed E-state index contributed by atoms with van der Waals surface area (Å²) in [6, 6.07) is 10.4. The second-order valence-corrected chi connectivity index (χ2v) is 6.92. The number of nitrogens with zero attached hydrogens (tertiary/aromatic N) is 1. The van der Waals surface area contributed by atoms with Gasteiger partial charge in [-0.15, -0.1) is 0 Å². The first-order chi connectivity index (χ1) is 11.1. The van der Waals surface area contributed by atoms with E-state index in [0.29, 0.717) is 32.5 Å². The number of carboxylic acids is 1. The summed E-state index contributed by atoms with van der Waals surface area (Å²) in [5.74, 6) is -1.04. The maximum absolute atomic E-state index is 12.3. The number of likely N-dealkylation sites (tertiary alicyclic amines) is 1. The Morgan fingerprint density at radius 2 is 1.83 bits per heavy atom. The van der Waals surface area contributed by atoms with Crippen molar-refractivity contribution in [1.29, 1.82) is 0 Å². The van der Waals surface area contributed by atoms with E-state index in [9.17, 15) is 9.59 Å². The molecule has 5 nitrogen and oxygen atoms in total. The van der Waals surface area contributed by atoms with Crippen molar-refractivity contribution >= 4 is 12.0 Å².